The summed E-state index contributed by atoms with van der Waals surface area (Å²) in [5, 5.41) is 0.393. The van der Waals surface area contributed by atoms with E-state index in [4.69, 9.17) is 16.3 Å². The molecule has 0 saturated carbocycles. The Morgan fingerprint density at radius 1 is 1.60 bits per heavy atom. The van der Waals surface area contributed by atoms with E-state index in [0.717, 1.165) is 18.5 Å². The standard InChI is InChI=1S/C11H14ClNO2/c1-3-4-5-15-11-9(7-14)10(12)6-8(2)13-11/h6-7H,3-5H2,1-2H3. The Morgan fingerprint density at radius 2 is 2.33 bits per heavy atom. The number of aromatic nitrogens is 1. The summed E-state index contributed by atoms with van der Waals surface area (Å²) in [4.78, 5) is 14.9. The van der Waals surface area contributed by atoms with Gasteiger partial charge in [0.15, 0.2) is 6.29 Å². The van der Waals surface area contributed by atoms with Gasteiger partial charge in [-0.3, -0.25) is 4.79 Å². The molecule has 4 heteroatoms. The zero-order valence-corrected chi connectivity index (χ0v) is 9.67. The molecule has 82 valence electrons. The van der Waals surface area contributed by atoms with Crippen LogP contribution in [0.5, 0.6) is 5.88 Å². The lowest BCUT2D eigenvalue weighted by Crippen LogP contribution is -2.03. The second-order valence-electron chi connectivity index (χ2n) is 3.28. The molecule has 0 radical (unpaired) electrons. The van der Waals surface area contributed by atoms with E-state index in [-0.39, 0.29) is 0 Å². The van der Waals surface area contributed by atoms with Crippen LogP contribution in [0.3, 0.4) is 0 Å². The van der Waals surface area contributed by atoms with E-state index in [0.29, 0.717) is 29.4 Å². The smallest absolute Gasteiger partial charge is 0.225 e. The molecule has 0 unspecified atom stereocenters. The van der Waals surface area contributed by atoms with E-state index in [1.165, 1.54) is 0 Å². The number of ether oxygens (including phenoxy) is 1. The second-order valence-corrected chi connectivity index (χ2v) is 3.69. The van der Waals surface area contributed by atoms with E-state index in [9.17, 15) is 4.79 Å². The van der Waals surface area contributed by atoms with E-state index in [2.05, 4.69) is 11.9 Å². The largest absolute Gasteiger partial charge is 0.477 e. The zero-order valence-electron chi connectivity index (χ0n) is 8.92. The first-order valence-corrected chi connectivity index (χ1v) is 5.32. The van der Waals surface area contributed by atoms with Crippen molar-refractivity contribution in [1.82, 2.24) is 4.98 Å². The Kier molecular flexibility index (Phi) is 4.56. The summed E-state index contributed by atoms with van der Waals surface area (Å²) in [5.41, 5.74) is 1.08. The Balaban J connectivity index is 2.88. The monoisotopic (exact) mass is 227 g/mol. The number of aryl methyl sites for hydroxylation is 1. The Hall–Kier alpha value is -1.09. The molecular weight excluding hydrogens is 214 g/mol. The van der Waals surface area contributed by atoms with Crippen LogP contribution in [0.4, 0.5) is 0 Å². The van der Waals surface area contributed by atoms with Crippen LogP contribution in [0.2, 0.25) is 5.02 Å². The maximum atomic E-state index is 10.8. The Labute approximate surface area is 94.4 Å². The number of hydrogen-bond donors (Lipinski definition) is 0. The normalized spacial score (nSPS) is 10.1. The Morgan fingerprint density at radius 3 is 2.93 bits per heavy atom. The van der Waals surface area contributed by atoms with Crippen LogP contribution >= 0.6 is 11.6 Å². The van der Waals surface area contributed by atoms with Gasteiger partial charge < -0.3 is 4.74 Å². The molecule has 0 aliphatic carbocycles. The molecule has 1 aromatic heterocycles. The van der Waals surface area contributed by atoms with E-state index < -0.39 is 0 Å². The second kappa shape index (κ2) is 5.71. The number of nitrogens with zero attached hydrogens (tertiary/aromatic N) is 1. The third-order valence-corrected chi connectivity index (χ3v) is 2.27. The maximum Gasteiger partial charge on any atom is 0.225 e. The number of aldehydes is 1. The third-order valence-electron chi connectivity index (χ3n) is 1.96. The molecular formula is C11H14ClNO2. The van der Waals surface area contributed by atoms with Crippen LogP contribution in [0.25, 0.3) is 0 Å². The first kappa shape index (κ1) is 12.0. The number of rotatable bonds is 5. The van der Waals surface area contributed by atoms with Gasteiger partial charge in [-0.15, -0.1) is 0 Å². The summed E-state index contributed by atoms with van der Waals surface area (Å²) < 4.78 is 5.40. The van der Waals surface area contributed by atoms with Crippen molar-refractivity contribution in [1.29, 1.82) is 0 Å². The summed E-state index contributed by atoms with van der Waals surface area (Å²) in [6.07, 6.45) is 2.65. The minimum Gasteiger partial charge on any atom is -0.477 e. The molecule has 0 atom stereocenters. The van der Waals surface area contributed by atoms with E-state index in [1.807, 2.05) is 6.92 Å². The lowest BCUT2D eigenvalue weighted by atomic mass is 10.2. The van der Waals surface area contributed by atoms with Gasteiger partial charge >= 0.3 is 0 Å². The first-order valence-electron chi connectivity index (χ1n) is 4.94. The molecule has 0 aliphatic heterocycles. The average Bonchev–Trinajstić information content (AvgIpc) is 2.17. The quantitative estimate of drug-likeness (QED) is 0.573. The van der Waals surface area contributed by atoms with Crippen molar-refractivity contribution in [3.8, 4) is 5.88 Å². The SMILES string of the molecule is CCCCOc1nc(C)cc(Cl)c1C=O. The molecule has 0 spiro atoms. The van der Waals surface area contributed by atoms with Crippen LogP contribution in [-0.4, -0.2) is 17.9 Å². The fourth-order valence-corrected chi connectivity index (χ4v) is 1.43. The molecule has 1 aromatic rings. The average molecular weight is 228 g/mol. The highest BCUT2D eigenvalue weighted by Gasteiger charge is 2.10. The van der Waals surface area contributed by atoms with Crippen molar-refractivity contribution < 1.29 is 9.53 Å². The lowest BCUT2D eigenvalue weighted by molar-refractivity contribution is 0.111. The number of carbonyl (C=O) groups is 1. The molecule has 0 N–H and O–H groups in total. The van der Waals surface area contributed by atoms with Crippen molar-refractivity contribution in [2.45, 2.75) is 26.7 Å². The molecule has 0 bridgehead atoms. The molecule has 0 aliphatic rings. The highest BCUT2D eigenvalue weighted by molar-refractivity contribution is 6.33. The van der Waals surface area contributed by atoms with Gasteiger partial charge in [0.2, 0.25) is 5.88 Å². The van der Waals surface area contributed by atoms with Gasteiger partial charge in [-0.25, -0.2) is 4.98 Å². The fourth-order valence-electron chi connectivity index (χ4n) is 1.15. The van der Waals surface area contributed by atoms with Crippen LogP contribution in [0.1, 0.15) is 35.8 Å². The van der Waals surface area contributed by atoms with Crippen LogP contribution < -0.4 is 4.74 Å². The molecule has 0 saturated heterocycles. The van der Waals surface area contributed by atoms with Crippen molar-refractivity contribution in [3.63, 3.8) is 0 Å². The van der Waals surface area contributed by atoms with Gasteiger partial charge in [0.1, 0.15) is 0 Å². The van der Waals surface area contributed by atoms with Gasteiger partial charge in [-0.1, -0.05) is 24.9 Å². The highest BCUT2D eigenvalue weighted by atomic mass is 35.5. The van der Waals surface area contributed by atoms with Crippen molar-refractivity contribution >= 4 is 17.9 Å². The number of pyridine rings is 1. The zero-order chi connectivity index (χ0) is 11.3. The maximum absolute atomic E-state index is 10.8. The molecule has 15 heavy (non-hydrogen) atoms. The number of carbonyl (C=O) groups excluding carboxylic acids is 1. The molecule has 0 fully saturated rings. The highest BCUT2D eigenvalue weighted by Crippen LogP contribution is 2.23. The summed E-state index contributed by atoms with van der Waals surface area (Å²) >= 11 is 5.90. The molecule has 1 rings (SSSR count). The predicted molar refractivity (Wildman–Crippen MR) is 59.8 cm³/mol. The number of hydrogen-bond acceptors (Lipinski definition) is 3. The minimum atomic E-state index is 0.332. The fraction of sp³-hybridized carbons (Fsp3) is 0.455. The Bertz CT molecular complexity index is 353. The molecule has 0 amide bonds. The van der Waals surface area contributed by atoms with E-state index >= 15 is 0 Å². The summed E-state index contributed by atoms with van der Waals surface area (Å²) in [6, 6.07) is 1.65. The van der Waals surface area contributed by atoms with Crippen LogP contribution in [-0.2, 0) is 0 Å². The van der Waals surface area contributed by atoms with Gasteiger partial charge in [0.05, 0.1) is 17.2 Å². The van der Waals surface area contributed by atoms with Gasteiger partial charge in [0.25, 0.3) is 0 Å². The van der Waals surface area contributed by atoms with Crippen molar-refractivity contribution in [3.05, 3.63) is 22.3 Å². The summed E-state index contributed by atoms with van der Waals surface area (Å²) in [7, 11) is 0. The molecule has 3 nitrogen and oxygen atoms in total. The molecule has 0 aromatic carbocycles. The minimum absolute atomic E-state index is 0.332. The van der Waals surface area contributed by atoms with Crippen molar-refractivity contribution in [2.75, 3.05) is 6.61 Å². The predicted octanol–water partition coefficient (Wildman–Crippen LogP) is 3.03. The van der Waals surface area contributed by atoms with E-state index in [1.54, 1.807) is 6.07 Å². The number of unbranched alkanes of at least 4 members (excludes halogenated alkanes) is 1. The first-order chi connectivity index (χ1) is 7.19. The van der Waals surface area contributed by atoms with Gasteiger partial charge in [-0.2, -0.15) is 0 Å². The van der Waals surface area contributed by atoms with Crippen LogP contribution in [0, 0.1) is 6.92 Å². The third kappa shape index (κ3) is 3.20. The molecule has 1 heterocycles. The topological polar surface area (TPSA) is 39.2 Å². The summed E-state index contributed by atoms with van der Waals surface area (Å²) in [6.45, 7) is 4.44. The van der Waals surface area contributed by atoms with Gasteiger partial charge in [-0.05, 0) is 19.4 Å². The van der Waals surface area contributed by atoms with Gasteiger partial charge in [0, 0.05) is 5.69 Å². The lowest BCUT2D eigenvalue weighted by Gasteiger charge is -2.08. The number of halogens is 1. The van der Waals surface area contributed by atoms with Crippen molar-refractivity contribution in [2.24, 2.45) is 0 Å². The van der Waals surface area contributed by atoms with Crippen LogP contribution in [0.15, 0.2) is 6.07 Å². The summed E-state index contributed by atoms with van der Waals surface area (Å²) in [5.74, 6) is 0.337.